The standard InChI is InChI=1S/C18H23FS.C18H24S.C16H27N2/c1-17(2,3)14-11-15(20-16(14)18(4,5)6)12-7-9-13(19)10-8-12;1-17(2,3)14-12-15(13-10-8-7-9-11-13)19-16(14)18(4,5)6;1-11(2)18-10-12(17-9)13(15(3,4)5)14(18)16(6,7)8/h7-11H,1-6H3;7-12H,1-6H3;10-12H,1-8H3/q;;+1. The van der Waals surface area contributed by atoms with Gasteiger partial charge in [-0.1, -0.05) is 167 Å². The van der Waals surface area contributed by atoms with E-state index in [-0.39, 0.29) is 44.3 Å². The van der Waals surface area contributed by atoms with E-state index in [0.29, 0.717) is 6.04 Å². The van der Waals surface area contributed by atoms with Gasteiger partial charge in [-0.25, -0.2) is 11.0 Å². The second kappa shape index (κ2) is 17.5. The van der Waals surface area contributed by atoms with Gasteiger partial charge in [0.15, 0.2) is 11.7 Å². The van der Waals surface area contributed by atoms with Crippen LogP contribution in [0.2, 0.25) is 0 Å². The number of hydrogen-bond donors (Lipinski definition) is 0. The van der Waals surface area contributed by atoms with Crippen molar-refractivity contribution in [2.45, 2.75) is 172 Å². The fraction of sp³-hybridized carbons (Fsp3) is 0.538. The van der Waals surface area contributed by atoms with E-state index in [1.54, 1.807) is 0 Å². The fourth-order valence-electron chi connectivity index (χ4n) is 7.21. The summed E-state index contributed by atoms with van der Waals surface area (Å²) in [6.45, 7) is 52.5. The first-order valence-electron chi connectivity index (χ1n) is 20.6. The number of hydrogen-bond acceptors (Lipinski definition) is 2. The summed E-state index contributed by atoms with van der Waals surface area (Å²) in [4.78, 5) is 9.37. The summed E-state index contributed by atoms with van der Waals surface area (Å²) < 4.78 is 15.4. The molecule has 0 saturated heterocycles. The average Bonchev–Trinajstić information content (AvgIpc) is 3.81. The van der Waals surface area contributed by atoms with E-state index in [9.17, 15) is 4.39 Å². The molecule has 0 saturated carbocycles. The van der Waals surface area contributed by atoms with Gasteiger partial charge in [0, 0.05) is 24.9 Å². The summed E-state index contributed by atoms with van der Waals surface area (Å²) >= 11 is 3.78. The maximum absolute atomic E-state index is 13.1. The molecule has 5 heteroatoms. The van der Waals surface area contributed by atoms with Crippen molar-refractivity contribution >= 4 is 28.9 Å². The van der Waals surface area contributed by atoms with Gasteiger partial charge >= 0.3 is 6.04 Å². The molecule has 0 aliphatic carbocycles. The molecule has 2 aromatic heterocycles. The van der Waals surface area contributed by atoms with E-state index in [0.717, 1.165) is 5.56 Å². The molecule has 0 fully saturated rings. The van der Waals surface area contributed by atoms with E-state index in [2.05, 4.69) is 197 Å². The Morgan fingerprint density at radius 1 is 0.561 bits per heavy atom. The van der Waals surface area contributed by atoms with Crippen LogP contribution in [0.5, 0.6) is 0 Å². The highest BCUT2D eigenvalue weighted by Gasteiger charge is 2.48. The highest BCUT2D eigenvalue weighted by Crippen LogP contribution is 2.45. The molecular formula is C52H74FN2S2+. The summed E-state index contributed by atoms with van der Waals surface area (Å²) in [6, 6.07) is 22.5. The monoisotopic (exact) mass is 810 g/mol. The molecule has 1 aliphatic rings. The van der Waals surface area contributed by atoms with Gasteiger partial charge in [-0.05, 0) is 87.4 Å². The minimum atomic E-state index is -0.183. The molecule has 0 radical (unpaired) electrons. The molecule has 3 heterocycles. The van der Waals surface area contributed by atoms with Gasteiger partial charge in [-0.15, -0.1) is 22.7 Å². The molecule has 4 aromatic rings. The fourth-order valence-corrected chi connectivity index (χ4v) is 10.1. The van der Waals surface area contributed by atoms with E-state index >= 15 is 0 Å². The Bertz CT molecular complexity index is 1990. The van der Waals surface area contributed by atoms with Crippen molar-refractivity contribution in [2.24, 2.45) is 10.8 Å². The molecule has 0 bridgehead atoms. The largest absolute Gasteiger partial charge is 0.326 e. The molecule has 1 aliphatic heterocycles. The predicted molar refractivity (Wildman–Crippen MR) is 252 cm³/mol. The van der Waals surface area contributed by atoms with Crippen molar-refractivity contribution in [1.29, 1.82) is 0 Å². The molecule has 0 spiro atoms. The normalized spacial score (nSPS) is 15.5. The van der Waals surface area contributed by atoms with Crippen LogP contribution in [-0.2, 0) is 21.7 Å². The van der Waals surface area contributed by atoms with E-state index < -0.39 is 0 Å². The lowest BCUT2D eigenvalue weighted by molar-refractivity contribution is -0.515. The van der Waals surface area contributed by atoms with Crippen molar-refractivity contribution in [1.82, 2.24) is 0 Å². The third-order valence-corrected chi connectivity index (χ3v) is 13.2. The van der Waals surface area contributed by atoms with Crippen LogP contribution in [-0.4, -0.2) is 22.9 Å². The van der Waals surface area contributed by atoms with Crippen LogP contribution in [0.4, 0.5) is 4.39 Å². The Morgan fingerprint density at radius 2 is 0.965 bits per heavy atom. The van der Waals surface area contributed by atoms with Gasteiger partial charge in [-0.2, -0.15) is 4.58 Å². The number of halogens is 1. The lowest BCUT2D eigenvalue weighted by Gasteiger charge is -2.26. The van der Waals surface area contributed by atoms with Crippen LogP contribution < -0.4 is 0 Å². The highest BCUT2D eigenvalue weighted by atomic mass is 32.1. The molecule has 0 N–H and O–H groups in total. The van der Waals surface area contributed by atoms with Crippen molar-refractivity contribution in [2.75, 3.05) is 0 Å². The van der Waals surface area contributed by atoms with Gasteiger partial charge in [0.2, 0.25) is 6.21 Å². The number of nitrogens with zero attached hydrogens (tertiary/aromatic N) is 2. The first-order chi connectivity index (χ1) is 25.8. The number of allylic oxidation sites excluding steroid dienone is 1. The minimum absolute atomic E-state index is 0.0397. The SMILES string of the molecule is CC(C)(C)c1cc(-c2ccc(F)cc2)sc1C(C)(C)C.CC(C)(C)c1cc(-c2ccccc2)sc1C(C)(C)C.[C-]#[N+]C1C=[N+](C(C)C)C(C(C)(C)C)=C1C(C)(C)C. The second-order valence-corrected chi connectivity index (χ2v) is 24.2. The van der Waals surface area contributed by atoms with Gasteiger partial charge in [0.1, 0.15) is 5.82 Å². The Hall–Kier alpha value is -3.33. The first kappa shape index (κ1) is 48.0. The van der Waals surface area contributed by atoms with Gasteiger partial charge < -0.3 is 0 Å². The smallest absolute Gasteiger partial charge is 0.297 e. The highest BCUT2D eigenvalue weighted by molar-refractivity contribution is 7.16. The summed E-state index contributed by atoms with van der Waals surface area (Å²) in [5.41, 5.74) is 8.71. The Balaban J connectivity index is 0.000000229. The van der Waals surface area contributed by atoms with Crippen molar-refractivity contribution in [3.8, 4) is 20.9 Å². The van der Waals surface area contributed by atoms with E-state index in [4.69, 9.17) is 6.57 Å². The van der Waals surface area contributed by atoms with Crippen LogP contribution in [0.3, 0.4) is 0 Å². The third-order valence-electron chi connectivity index (χ3n) is 9.95. The lowest BCUT2D eigenvalue weighted by Crippen LogP contribution is -2.28. The maximum Gasteiger partial charge on any atom is 0.326 e. The van der Waals surface area contributed by atoms with Crippen LogP contribution in [0.1, 0.15) is 159 Å². The molecule has 57 heavy (non-hydrogen) atoms. The first-order valence-corrected chi connectivity index (χ1v) is 22.3. The molecule has 2 nitrogen and oxygen atoms in total. The maximum atomic E-state index is 13.1. The van der Waals surface area contributed by atoms with E-state index in [1.807, 2.05) is 34.8 Å². The summed E-state index contributed by atoms with van der Waals surface area (Å²) in [5, 5.41) is 0. The zero-order chi connectivity index (χ0) is 43.7. The van der Waals surface area contributed by atoms with Crippen molar-refractivity contribution in [3.05, 3.63) is 116 Å². The lowest BCUT2D eigenvalue weighted by atomic mass is 9.77. The zero-order valence-corrected chi connectivity index (χ0v) is 40.8. The zero-order valence-electron chi connectivity index (χ0n) is 39.2. The Kier molecular flexibility index (Phi) is 14.7. The number of benzene rings is 2. The topological polar surface area (TPSA) is 7.37 Å². The average molecular weight is 810 g/mol. The third kappa shape index (κ3) is 12.3. The van der Waals surface area contributed by atoms with Gasteiger partial charge in [0.05, 0.1) is 5.57 Å². The summed E-state index contributed by atoms with van der Waals surface area (Å²) in [6.07, 6.45) is 2.11. The molecule has 2 aromatic carbocycles. The van der Waals surface area contributed by atoms with Crippen molar-refractivity contribution < 1.29 is 8.97 Å². The number of thiophene rings is 2. The molecule has 1 atom stereocenters. The van der Waals surface area contributed by atoms with Gasteiger partial charge in [-0.3, -0.25) is 4.85 Å². The Labute approximate surface area is 356 Å². The predicted octanol–water partition coefficient (Wildman–Crippen LogP) is 16.3. The summed E-state index contributed by atoms with van der Waals surface area (Å²) in [5.74, 6) is -0.183. The molecule has 0 amide bonds. The van der Waals surface area contributed by atoms with Crippen LogP contribution in [0.15, 0.2) is 78.0 Å². The molecule has 5 rings (SSSR count). The summed E-state index contributed by atoms with van der Waals surface area (Å²) in [7, 11) is 0. The van der Waals surface area contributed by atoms with Gasteiger partial charge in [0.25, 0.3) is 0 Å². The molecule has 1 unspecified atom stereocenters. The van der Waals surface area contributed by atoms with Crippen LogP contribution in [0.25, 0.3) is 25.7 Å². The second-order valence-electron chi connectivity index (χ2n) is 22.1. The molecular weight excluding hydrogens is 736 g/mol. The minimum Gasteiger partial charge on any atom is -0.297 e. The molecule has 310 valence electrons. The van der Waals surface area contributed by atoms with Crippen molar-refractivity contribution in [3.63, 3.8) is 0 Å². The van der Waals surface area contributed by atoms with E-state index in [1.165, 1.54) is 59.6 Å². The Morgan fingerprint density at radius 3 is 1.26 bits per heavy atom. The number of rotatable bonds is 3. The quantitative estimate of drug-likeness (QED) is 0.144. The van der Waals surface area contributed by atoms with Crippen LogP contribution in [0, 0.1) is 23.2 Å². The van der Waals surface area contributed by atoms with Crippen LogP contribution >= 0.6 is 22.7 Å².